The van der Waals surface area contributed by atoms with E-state index in [0.29, 0.717) is 45.9 Å². The molecule has 1 aromatic heterocycles. The maximum Gasteiger partial charge on any atom is 0.290 e. The number of amides is 1. The SMILES string of the molecule is COc1ccc2c(=O)c3c(oc2c1)C(=O)N(CCCN(C)C)[C@@H]3c1cccc(OC)c1OC. The van der Waals surface area contributed by atoms with Crippen LogP contribution in [-0.4, -0.2) is 64.2 Å². The van der Waals surface area contributed by atoms with Crippen molar-refractivity contribution in [3.8, 4) is 17.2 Å². The van der Waals surface area contributed by atoms with E-state index < -0.39 is 6.04 Å². The molecular weight excluding hydrogens is 424 g/mol. The predicted octanol–water partition coefficient (Wildman–Crippen LogP) is 3.32. The van der Waals surface area contributed by atoms with E-state index >= 15 is 0 Å². The Morgan fingerprint density at radius 2 is 1.82 bits per heavy atom. The van der Waals surface area contributed by atoms with Gasteiger partial charge in [0.2, 0.25) is 5.76 Å². The first kappa shape index (κ1) is 22.7. The molecule has 1 aliphatic rings. The quantitative estimate of drug-likeness (QED) is 0.519. The minimum atomic E-state index is -0.650. The van der Waals surface area contributed by atoms with Crippen molar-refractivity contribution in [2.45, 2.75) is 12.5 Å². The van der Waals surface area contributed by atoms with E-state index in [4.69, 9.17) is 18.6 Å². The van der Waals surface area contributed by atoms with Crippen molar-refractivity contribution in [2.75, 3.05) is 48.5 Å². The minimum Gasteiger partial charge on any atom is -0.497 e. The summed E-state index contributed by atoms with van der Waals surface area (Å²) in [6.07, 6.45) is 0.733. The monoisotopic (exact) mass is 452 g/mol. The molecule has 8 heteroatoms. The van der Waals surface area contributed by atoms with Crippen molar-refractivity contribution in [3.05, 3.63) is 63.5 Å². The van der Waals surface area contributed by atoms with Crippen LogP contribution in [0.15, 0.2) is 45.6 Å². The molecule has 0 saturated carbocycles. The summed E-state index contributed by atoms with van der Waals surface area (Å²) in [4.78, 5) is 30.9. The smallest absolute Gasteiger partial charge is 0.290 e. The maximum atomic E-state index is 13.7. The van der Waals surface area contributed by atoms with Crippen LogP contribution >= 0.6 is 0 Å². The number of benzene rings is 2. The molecule has 0 fully saturated rings. The molecule has 0 saturated heterocycles. The molecule has 3 aromatic rings. The third-order valence-electron chi connectivity index (χ3n) is 5.91. The Labute approximate surface area is 192 Å². The second-order valence-corrected chi connectivity index (χ2v) is 8.18. The summed E-state index contributed by atoms with van der Waals surface area (Å²) in [5, 5.41) is 0.393. The first-order chi connectivity index (χ1) is 15.9. The predicted molar refractivity (Wildman–Crippen MR) is 125 cm³/mol. The van der Waals surface area contributed by atoms with Crippen molar-refractivity contribution in [2.24, 2.45) is 0 Å². The highest BCUT2D eigenvalue weighted by Gasteiger charge is 2.44. The Bertz CT molecular complexity index is 1250. The first-order valence-electron chi connectivity index (χ1n) is 10.7. The van der Waals surface area contributed by atoms with Gasteiger partial charge in [-0.25, -0.2) is 0 Å². The van der Waals surface area contributed by atoms with Gasteiger partial charge >= 0.3 is 0 Å². The number of rotatable bonds is 8. The number of fused-ring (bicyclic) bond motifs is 2. The molecule has 1 aliphatic heterocycles. The average Bonchev–Trinajstić information content (AvgIpc) is 3.09. The third kappa shape index (κ3) is 3.91. The highest BCUT2D eigenvalue weighted by Crippen LogP contribution is 2.44. The number of carbonyl (C=O) groups is 1. The van der Waals surface area contributed by atoms with Crippen LogP contribution in [0.5, 0.6) is 17.2 Å². The van der Waals surface area contributed by atoms with Gasteiger partial charge in [-0.05, 0) is 45.3 Å². The highest BCUT2D eigenvalue weighted by molar-refractivity contribution is 5.99. The van der Waals surface area contributed by atoms with E-state index in [9.17, 15) is 9.59 Å². The fourth-order valence-corrected chi connectivity index (χ4v) is 4.36. The number of methoxy groups -OCH3 is 3. The topological polar surface area (TPSA) is 81.5 Å². The summed E-state index contributed by atoms with van der Waals surface area (Å²) in [5.41, 5.74) is 1.06. The van der Waals surface area contributed by atoms with E-state index in [-0.39, 0.29) is 17.1 Å². The second-order valence-electron chi connectivity index (χ2n) is 8.18. The van der Waals surface area contributed by atoms with Gasteiger partial charge in [0.25, 0.3) is 5.91 Å². The molecular formula is C25H28N2O6. The zero-order valence-corrected chi connectivity index (χ0v) is 19.5. The molecule has 0 spiro atoms. The van der Waals surface area contributed by atoms with Crippen LogP contribution in [0.2, 0.25) is 0 Å². The normalized spacial score (nSPS) is 15.3. The average molecular weight is 453 g/mol. The number of nitrogens with zero attached hydrogens (tertiary/aromatic N) is 2. The number of ether oxygens (including phenoxy) is 3. The molecule has 2 heterocycles. The molecule has 0 N–H and O–H groups in total. The molecule has 0 unspecified atom stereocenters. The number of para-hydroxylation sites is 1. The van der Waals surface area contributed by atoms with Crippen molar-refractivity contribution >= 4 is 16.9 Å². The first-order valence-corrected chi connectivity index (χ1v) is 10.7. The zero-order valence-electron chi connectivity index (χ0n) is 19.5. The van der Waals surface area contributed by atoms with Crippen molar-refractivity contribution in [3.63, 3.8) is 0 Å². The molecule has 2 aromatic carbocycles. The molecule has 0 aliphatic carbocycles. The van der Waals surface area contributed by atoms with Gasteiger partial charge in [-0.1, -0.05) is 12.1 Å². The van der Waals surface area contributed by atoms with E-state index in [1.54, 1.807) is 43.4 Å². The largest absolute Gasteiger partial charge is 0.497 e. The molecule has 8 nitrogen and oxygen atoms in total. The van der Waals surface area contributed by atoms with Gasteiger partial charge in [0, 0.05) is 18.2 Å². The van der Waals surface area contributed by atoms with E-state index in [1.165, 1.54) is 7.11 Å². The van der Waals surface area contributed by atoms with E-state index in [1.807, 2.05) is 26.2 Å². The summed E-state index contributed by atoms with van der Waals surface area (Å²) in [5.74, 6) is 1.29. The van der Waals surface area contributed by atoms with Crippen LogP contribution in [0.4, 0.5) is 0 Å². The summed E-state index contributed by atoms with van der Waals surface area (Å²) < 4.78 is 22.4. The molecule has 0 bridgehead atoms. The lowest BCUT2D eigenvalue weighted by atomic mass is 9.97. The Morgan fingerprint density at radius 1 is 1.03 bits per heavy atom. The van der Waals surface area contributed by atoms with Gasteiger partial charge in [0.15, 0.2) is 16.9 Å². The zero-order chi connectivity index (χ0) is 23.7. The van der Waals surface area contributed by atoms with Crippen LogP contribution in [0.1, 0.15) is 34.1 Å². The third-order valence-corrected chi connectivity index (χ3v) is 5.91. The summed E-state index contributed by atoms with van der Waals surface area (Å²) in [6, 6.07) is 9.81. The fraction of sp³-hybridized carbons (Fsp3) is 0.360. The number of hydrogen-bond acceptors (Lipinski definition) is 7. The van der Waals surface area contributed by atoms with E-state index in [2.05, 4.69) is 4.90 Å². The minimum absolute atomic E-state index is 0.0560. The summed E-state index contributed by atoms with van der Waals surface area (Å²) >= 11 is 0. The summed E-state index contributed by atoms with van der Waals surface area (Å²) in [6.45, 7) is 1.24. The molecule has 174 valence electrons. The van der Waals surface area contributed by atoms with Crippen LogP contribution in [0.25, 0.3) is 11.0 Å². The Morgan fingerprint density at radius 3 is 2.48 bits per heavy atom. The van der Waals surface area contributed by atoms with Crippen LogP contribution in [0.3, 0.4) is 0 Å². The molecule has 33 heavy (non-hydrogen) atoms. The maximum absolute atomic E-state index is 13.7. The van der Waals surface area contributed by atoms with Crippen LogP contribution < -0.4 is 19.6 Å². The molecule has 1 amide bonds. The number of carbonyl (C=O) groups excluding carboxylic acids is 1. The fourth-order valence-electron chi connectivity index (χ4n) is 4.36. The van der Waals surface area contributed by atoms with Crippen molar-refractivity contribution in [1.82, 2.24) is 9.80 Å². The van der Waals surface area contributed by atoms with Gasteiger partial charge < -0.3 is 28.4 Å². The van der Waals surface area contributed by atoms with Crippen LogP contribution in [0, 0.1) is 0 Å². The number of hydrogen-bond donors (Lipinski definition) is 0. The molecule has 4 rings (SSSR count). The second kappa shape index (κ2) is 9.15. The van der Waals surface area contributed by atoms with Gasteiger partial charge in [-0.2, -0.15) is 0 Å². The lowest BCUT2D eigenvalue weighted by Crippen LogP contribution is -2.32. The van der Waals surface area contributed by atoms with Gasteiger partial charge in [-0.3, -0.25) is 9.59 Å². The van der Waals surface area contributed by atoms with Crippen LogP contribution in [-0.2, 0) is 0 Å². The van der Waals surface area contributed by atoms with Crippen molar-refractivity contribution in [1.29, 1.82) is 0 Å². The summed E-state index contributed by atoms with van der Waals surface area (Å²) in [7, 11) is 8.60. The Balaban J connectivity index is 1.94. The Hall–Kier alpha value is -3.52. The standard InChI is InChI=1S/C25H28N2O6/c1-26(2)12-7-13-27-21(17-8-6-9-18(31-4)23(17)32-5)20-22(28)16-11-10-15(30-3)14-19(16)33-24(20)25(27)29/h6,8-11,14,21H,7,12-13H2,1-5H3/t21-/m1/s1. The molecule has 1 atom stereocenters. The molecule has 0 radical (unpaired) electrons. The lowest BCUT2D eigenvalue weighted by Gasteiger charge is -2.27. The Kier molecular flexibility index (Phi) is 6.29. The van der Waals surface area contributed by atoms with E-state index in [0.717, 1.165) is 13.0 Å². The van der Waals surface area contributed by atoms with Gasteiger partial charge in [0.05, 0.1) is 38.3 Å². The lowest BCUT2D eigenvalue weighted by molar-refractivity contribution is 0.0720. The highest BCUT2D eigenvalue weighted by atomic mass is 16.5. The van der Waals surface area contributed by atoms with Gasteiger partial charge in [0.1, 0.15) is 11.3 Å². The van der Waals surface area contributed by atoms with Gasteiger partial charge in [-0.15, -0.1) is 0 Å². The van der Waals surface area contributed by atoms with Crippen molar-refractivity contribution < 1.29 is 23.4 Å².